The fraction of sp³-hybridized carbons (Fsp3) is 0.333. The second-order valence-corrected chi connectivity index (χ2v) is 5.76. The molecule has 2 atom stereocenters. The highest BCUT2D eigenvalue weighted by atomic mass is 32.1. The highest BCUT2D eigenvalue weighted by Gasteiger charge is 2.42. The molecule has 140 valence electrons. The molecule has 0 spiro atoms. The number of anilines is 1. The number of aromatic nitrogens is 1. The number of oxime groups is 1. The van der Waals surface area contributed by atoms with Gasteiger partial charge in [-0.15, -0.1) is 11.3 Å². The van der Waals surface area contributed by atoms with Crippen LogP contribution in [0.3, 0.4) is 0 Å². The van der Waals surface area contributed by atoms with Crippen molar-refractivity contribution in [3.8, 4) is 0 Å². The molecular formula is C12H14N6O7S. The van der Waals surface area contributed by atoms with Gasteiger partial charge >= 0.3 is 12.1 Å². The first-order chi connectivity index (χ1) is 12.3. The van der Waals surface area contributed by atoms with Crippen LogP contribution in [0.15, 0.2) is 10.5 Å². The number of β-lactam (4-membered cyclic amide) rings is 1. The highest BCUT2D eigenvalue weighted by molar-refractivity contribution is 7.13. The first-order valence-corrected chi connectivity index (χ1v) is 7.82. The van der Waals surface area contributed by atoms with Gasteiger partial charge in [0.15, 0.2) is 10.8 Å². The van der Waals surface area contributed by atoms with Gasteiger partial charge in [-0.2, -0.15) is 0 Å². The first kappa shape index (κ1) is 18.9. The number of carbonyl (C=O) groups is 4. The summed E-state index contributed by atoms with van der Waals surface area (Å²) in [6, 6.07) is -1.69. The van der Waals surface area contributed by atoms with E-state index in [1.54, 1.807) is 0 Å². The van der Waals surface area contributed by atoms with E-state index >= 15 is 0 Å². The Hall–Kier alpha value is -3.42. The van der Waals surface area contributed by atoms with Crippen molar-refractivity contribution in [3.05, 3.63) is 11.1 Å². The zero-order valence-corrected chi connectivity index (χ0v) is 13.8. The molecule has 2 rings (SSSR count). The molecule has 0 saturated carbocycles. The second-order valence-electron chi connectivity index (χ2n) is 4.87. The second kappa shape index (κ2) is 8.11. The molecule has 1 aliphatic heterocycles. The number of nitrogens with two attached hydrogens (primary N) is 2. The summed E-state index contributed by atoms with van der Waals surface area (Å²) in [6.07, 6.45) is -1.03. The molecule has 1 aliphatic rings. The lowest BCUT2D eigenvalue weighted by molar-refractivity contribution is -0.142. The van der Waals surface area contributed by atoms with E-state index in [1.165, 1.54) is 5.38 Å². The summed E-state index contributed by atoms with van der Waals surface area (Å²) in [5.74, 6) is -2.67. The van der Waals surface area contributed by atoms with Crippen LogP contribution in [0.1, 0.15) is 5.69 Å². The van der Waals surface area contributed by atoms with Crippen molar-refractivity contribution < 1.29 is 33.9 Å². The van der Waals surface area contributed by atoms with Crippen LogP contribution in [0.2, 0.25) is 0 Å². The Morgan fingerprint density at radius 3 is 2.73 bits per heavy atom. The zero-order chi connectivity index (χ0) is 19.3. The van der Waals surface area contributed by atoms with Gasteiger partial charge in [0.25, 0.3) is 5.91 Å². The number of carboxylic acid groups (broad SMARTS) is 1. The van der Waals surface area contributed by atoms with Gasteiger partial charge < -0.3 is 36.8 Å². The standard InChI is InChI=1S/C12H14N6O7S/c13-11-16-5(3-26-11)8(18-25-2-6(19)20)10(22)17-7-4(15-9(7)21)1-24-12(14)23/h3-4,7H,1-2H2,(H2,13,16)(H2,14,23)(H,15,21)(H,17,22)(H,19,20)/b18-8-. The number of nitrogens with zero attached hydrogens (tertiary/aromatic N) is 2. The number of nitrogen functional groups attached to an aromatic ring is 1. The Kier molecular flexibility index (Phi) is 5.90. The number of hydrogen-bond acceptors (Lipinski definition) is 10. The Labute approximate surface area is 149 Å². The molecule has 2 heterocycles. The average Bonchev–Trinajstić information content (AvgIpc) is 2.98. The van der Waals surface area contributed by atoms with Crippen molar-refractivity contribution in [1.82, 2.24) is 15.6 Å². The minimum absolute atomic E-state index is 0.0417. The summed E-state index contributed by atoms with van der Waals surface area (Å²) in [5, 5.41) is 18.4. The molecule has 7 N–H and O–H groups in total. The van der Waals surface area contributed by atoms with E-state index in [0.717, 1.165) is 11.3 Å². The number of rotatable bonds is 8. The van der Waals surface area contributed by atoms with Crippen molar-refractivity contribution in [3.63, 3.8) is 0 Å². The smallest absolute Gasteiger partial charge is 0.404 e. The SMILES string of the molecule is NC(=O)OCC1NC(=O)C1NC(=O)/C(=N\OCC(=O)O)c1csc(N)n1. The number of carbonyl (C=O) groups excluding carboxylic acids is 3. The molecule has 2 unspecified atom stereocenters. The number of hydrogen-bond donors (Lipinski definition) is 5. The molecule has 1 saturated heterocycles. The largest absolute Gasteiger partial charge is 0.479 e. The van der Waals surface area contributed by atoms with Crippen LogP contribution in [0.4, 0.5) is 9.93 Å². The van der Waals surface area contributed by atoms with Gasteiger partial charge in [-0.05, 0) is 0 Å². The zero-order valence-electron chi connectivity index (χ0n) is 13.0. The summed E-state index contributed by atoms with van der Waals surface area (Å²) in [5.41, 5.74) is 10.0. The molecule has 1 aromatic rings. The van der Waals surface area contributed by atoms with E-state index < -0.39 is 42.6 Å². The molecule has 1 aromatic heterocycles. The fourth-order valence-electron chi connectivity index (χ4n) is 1.88. The van der Waals surface area contributed by atoms with E-state index in [0.29, 0.717) is 0 Å². The quantitative estimate of drug-likeness (QED) is 0.183. The van der Waals surface area contributed by atoms with Crippen LogP contribution in [-0.2, 0) is 24.0 Å². The van der Waals surface area contributed by atoms with Gasteiger partial charge in [0.2, 0.25) is 12.5 Å². The summed E-state index contributed by atoms with van der Waals surface area (Å²) < 4.78 is 4.57. The maximum atomic E-state index is 12.4. The Morgan fingerprint density at radius 1 is 1.46 bits per heavy atom. The van der Waals surface area contributed by atoms with Gasteiger partial charge in [0, 0.05) is 5.38 Å². The Balaban J connectivity index is 2.09. The van der Waals surface area contributed by atoms with Gasteiger partial charge in [-0.3, -0.25) is 9.59 Å². The molecule has 0 aliphatic carbocycles. The maximum Gasteiger partial charge on any atom is 0.404 e. The number of primary amides is 1. The molecule has 14 heteroatoms. The summed E-state index contributed by atoms with van der Waals surface area (Å²) in [6.45, 7) is -1.02. The monoisotopic (exact) mass is 386 g/mol. The minimum atomic E-state index is -1.30. The normalized spacial score (nSPS) is 19.1. The van der Waals surface area contributed by atoms with E-state index in [4.69, 9.17) is 16.6 Å². The molecule has 0 aromatic carbocycles. The lowest BCUT2D eigenvalue weighted by Crippen LogP contribution is -2.71. The predicted octanol–water partition coefficient (Wildman–Crippen LogP) is -2.39. The van der Waals surface area contributed by atoms with Crippen LogP contribution in [0, 0.1) is 0 Å². The lowest BCUT2D eigenvalue weighted by atomic mass is 9.99. The van der Waals surface area contributed by atoms with Crippen LogP contribution in [0.25, 0.3) is 0 Å². The van der Waals surface area contributed by atoms with Crippen molar-refractivity contribution in [2.75, 3.05) is 18.9 Å². The van der Waals surface area contributed by atoms with Crippen LogP contribution in [-0.4, -0.2) is 65.0 Å². The Morgan fingerprint density at radius 2 is 2.19 bits per heavy atom. The van der Waals surface area contributed by atoms with Gasteiger partial charge in [-0.1, -0.05) is 5.16 Å². The molecule has 3 amide bonds. The topological polar surface area (TPSA) is 208 Å². The highest BCUT2D eigenvalue weighted by Crippen LogP contribution is 2.13. The molecular weight excluding hydrogens is 372 g/mol. The minimum Gasteiger partial charge on any atom is -0.479 e. The van der Waals surface area contributed by atoms with Gasteiger partial charge in [0.05, 0.1) is 6.04 Å². The summed E-state index contributed by atoms with van der Waals surface area (Å²) in [4.78, 5) is 53.6. The number of nitrogens with one attached hydrogen (secondary N) is 2. The van der Waals surface area contributed by atoms with Crippen molar-refractivity contribution in [1.29, 1.82) is 0 Å². The van der Waals surface area contributed by atoms with E-state index in [1.807, 2.05) is 0 Å². The number of carboxylic acids is 1. The lowest BCUT2D eigenvalue weighted by Gasteiger charge is -2.36. The van der Waals surface area contributed by atoms with Gasteiger partial charge in [-0.25, -0.2) is 14.6 Å². The van der Waals surface area contributed by atoms with E-state index in [2.05, 4.69) is 30.3 Å². The van der Waals surface area contributed by atoms with Crippen molar-refractivity contribution in [2.24, 2.45) is 10.9 Å². The number of ether oxygens (including phenoxy) is 1. The summed E-state index contributed by atoms with van der Waals surface area (Å²) in [7, 11) is 0. The average molecular weight is 386 g/mol. The first-order valence-electron chi connectivity index (χ1n) is 6.94. The maximum absolute atomic E-state index is 12.4. The third-order valence-electron chi connectivity index (χ3n) is 3.03. The number of aliphatic carboxylic acids is 1. The van der Waals surface area contributed by atoms with E-state index in [-0.39, 0.29) is 23.1 Å². The van der Waals surface area contributed by atoms with Crippen LogP contribution >= 0.6 is 11.3 Å². The third-order valence-corrected chi connectivity index (χ3v) is 3.70. The predicted molar refractivity (Wildman–Crippen MR) is 86.0 cm³/mol. The van der Waals surface area contributed by atoms with Crippen LogP contribution < -0.4 is 22.1 Å². The Bertz CT molecular complexity index is 763. The van der Waals surface area contributed by atoms with Crippen LogP contribution in [0.5, 0.6) is 0 Å². The molecule has 0 bridgehead atoms. The van der Waals surface area contributed by atoms with Crippen molar-refractivity contribution in [2.45, 2.75) is 12.1 Å². The summed E-state index contributed by atoms with van der Waals surface area (Å²) >= 11 is 1.02. The molecule has 0 radical (unpaired) electrons. The molecule has 26 heavy (non-hydrogen) atoms. The third kappa shape index (κ3) is 4.79. The fourth-order valence-corrected chi connectivity index (χ4v) is 2.43. The van der Waals surface area contributed by atoms with Crippen molar-refractivity contribution >= 4 is 46.1 Å². The van der Waals surface area contributed by atoms with E-state index in [9.17, 15) is 19.2 Å². The molecule has 13 nitrogen and oxygen atoms in total. The molecule has 1 fully saturated rings. The number of thiazole rings is 1. The number of amides is 3. The van der Waals surface area contributed by atoms with Gasteiger partial charge in [0.1, 0.15) is 18.3 Å².